The third-order valence-electron chi connectivity index (χ3n) is 3.59. The van der Waals surface area contributed by atoms with Crippen LogP contribution in [-0.2, 0) is 6.42 Å². The zero-order valence-electron chi connectivity index (χ0n) is 12.8. The van der Waals surface area contributed by atoms with Gasteiger partial charge in [-0.1, -0.05) is 48.0 Å². The number of hydrogen-bond acceptors (Lipinski definition) is 2. The molecule has 0 aliphatic rings. The van der Waals surface area contributed by atoms with Crippen LogP contribution in [-0.4, -0.2) is 23.9 Å². The van der Waals surface area contributed by atoms with Gasteiger partial charge in [-0.05, 0) is 31.0 Å². The van der Waals surface area contributed by atoms with Crippen molar-refractivity contribution in [2.24, 2.45) is 0 Å². The summed E-state index contributed by atoms with van der Waals surface area (Å²) >= 11 is 0. The summed E-state index contributed by atoms with van der Waals surface area (Å²) in [4.78, 5) is 14.4. The van der Waals surface area contributed by atoms with Gasteiger partial charge in [0.1, 0.15) is 0 Å². The molecule has 0 radical (unpaired) electrons. The largest absolute Gasteiger partial charge is 0.337 e. The summed E-state index contributed by atoms with van der Waals surface area (Å²) in [6.45, 7) is 3.09. The normalized spacial score (nSPS) is 10.0. The van der Waals surface area contributed by atoms with Gasteiger partial charge in [-0.25, -0.2) is 0 Å². The zero-order valence-corrected chi connectivity index (χ0v) is 12.8. The van der Waals surface area contributed by atoms with Crippen molar-refractivity contribution in [1.82, 2.24) is 4.90 Å². The number of carbonyl (C=O) groups excluding carboxylic acids is 1. The average molecular weight is 292 g/mol. The van der Waals surface area contributed by atoms with E-state index in [-0.39, 0.29) is 5.91 Å². The van der Waals surface area contributed by atoms with Crippen LogP contribution in [0, 0.1) is 18.3 Å². The van der Waals surface area contributed by atoms with Crippen LogP contribution in [0.3, 0.4) is 0 Å². The molecular formula is C19H20N2O. The van der Waals surface area contributed by atoms with E-state index in [9.17, 15) is 4.79 Å². The van der Waals surface area contributed by atoms with Crippen molar-refractivity contribution in [3.05, 3.63) is 71.3 Å². The Balaban J connectivity index is 2.06. The minimum atomic E-state index is -0.00817. The highest BCUT2D eigenvalue weighted by Gasteiger charge is 2.15. The quantitative estimate of drug-likeness (QED) is 0.816. The molecule has 0 heterocycles. The Hall–Kier alpha value is -2.60. The van der Waals surface area contributed by atoms with E-state index in [1.807, 2.05) is 49.4 Å². The third kappa shape index (κ3) is 4.46. The molecule has 0 fully saturated rings. The lowest BCUT2D eigenvalue weighted by atomic mass is 10.1. The maximum absolute atomic E-state index is 12.6. The molecular weight excluding hydrogens is 272 g/mol. The molecule has 0 saturated heterocycles. The number of aryl methyl sites for hydroxylation is 1. The highest BCUT2D eigenvalue weighted by Crippen LogP contribution is 2.09. The van der Waals surface area contributed by atoms with Crippen LogP contribution in [0.1, 0.15) is 27.9 Å². The van der Waals surface area contributed by atoms with Gasteiger partial charge >= 0.3 is 0 Å². The minimum absolute atomic E-state index is 0.00817. The molecule has 3 heteroatoms. The topological polar surface area (TPSA) is 44.1 Å². The maximum atomic E-state index is 12.6. The third-order valence-corrected chi connectivity index (χ3v) is 3.59. The van der Waals surface area contributed by atoms with Gasteiger partial charge in [-0.2, -0.15) is 5.26 Å². The van der Waals surface area contributed by atoms with Crippen molar-refractivity contribution in [2.75, 3.05) is 13.1 Å². The highest BCUT2D eigenvalue weighted by atomic mass is 16.2. The van der Waals surface area contributed by atoms with Crippen molar-refractivity contribution in [3.63, 3.8) is 0 Å². The summed E-state index contributed by atoms with van der Waals surface area (Å²) in [6, 6.07) is 19.8. The second-order valence-electron chi connectivity index (χ2n) is 5.30. The monoisotopic (exact) mass is 292 g/mol. The van der Waals surface area contributed by atoms with Crippen LogP contribution < -0.4 is 0 Å². The number of carbonyl (C=O) groups is 1. The van der Waals surface area contributed by atoms with Gasteiger partial charge < -0.3 is 4.90 Å². The maximum Gasteiger partial charge on any atom is 0.253 e. The lowest BCUT2D eigenvalue weighted by Gasteiger charge is -2.22. The van der Waals surface area contributed by atoms with Crippen molar-refractivity contribution < 1.29 is 4.79 Å². The van der Waals surface area contributed by atoms with Gasteiger partial charge in [0.25, 0.3) is 5.91 Å². The Labute approximate surface area is 131 Å². The Bertz CT molecular complexity index is 641. The van der Waals surface area contributed by atoms with E-state index in [2.05, 4.69) is 18.2 Å². The first-order valence-corrected chi connectivity index (χ1v) is 7.47. The lowest BCUT2D eigenvalue weighted by Crippen LogP contribution is -2.33. The molecule has 0 aliphatic heterocycles. The number of hydrogen-bond donors (Lipinski definition) is 0. The molecule has 22 heavy (non-hydrogen) atoms. The summed E-state index contributed by atoms with van der Waals surface area (Å²) in [5, 5.41) is 8.80. The smallest absolute Gasteiger partial charge is 0.253 e. The summed E-state index contributed by atoms with van der Waals surface area (Å²) in [5.74, 6) is -0.00817. The molecule has 0 N–H and O–H groups in total. The molecule has 0 unspecified atom stereocenters. The first-order chi connectivity index (χ1) is 10.7. The molecule has 3 nitrogen and oxygen atoms in total. The van der Waals surface area contributed by atoms with Gasteiger partial charge in [-0.15, -0.1) is 0 Å². The van der Waals surface area contributed by atoms with E-state index < -0.39 is 0 Å². The van der Waals surface area contributed by atoms with Gasteiger partial charge in [0.15, 0.2) is 0 Å². The number of benzene rings is 2. The molecule has 2 aromatic carbocycles. The highest BCUT2D eigenvalue weighted by molar-refractivity contribution is 5.94. The summed E-state index contributed by atoms with van der Waals surface area (Å²) in [5.41, 5.74) is 3.00. The van der Waals surface area contributed by atoms with E-state index in [1.54, 1.807) is 4.90 Å². The van der Waals surface area contributed by atoms with Gasteiger partial charge in [-0.3, -0.25) is 4.79 Å². The molecule has 0 aromatic heterocycles. The summed E-state index contributed by atoms with van der Waals surface area (Å²) in [7, 11) is 0. The first kappa shape index (κ1) is 15.8. The predicted molar refractivity (Wildman–Crippen MR) is 87.5 cm³/mol. The second kappa shape index (κ2) is 7.99. The van der Waals surface area contributed by atoms with Gasteiger partial charge in [0.2, 0.25) is 0 Å². The number of nitriles is 1. The Morgan fingerprint density at radius 1 is 1.05 bits per heavy atom. The van der Waals surface area contributed by atoms with E-state index in [4.69, 9.17) is 5.26 Å². The fourth-order valence-electron chi connectivity index (χ4n) is 2.29. The van der Waals surface area contributed by atoms with Crippen LogP contribution in [0.5, 0.6) is 0 Å². The molecule has 2 aromatic rings. The van der Waals surface area contributed by atoms with E-state index in [1.165, 1.54) is 5.56 Å². The molecule has 0 saturated carbocycles. The van der Waals surface area contributed by atoms with E-state index in [0.717, 1.165) is 12.0 Å². The number of nitrogens with zero attached hydrogens (tertiary/aromatic N) is 2. The Morgan fingerprint density at radius 3 is 2.36 bits per heavy atom. The fraction of sp³-hybridized carbons (Fsp3) is 0.263. The van der Waals surface area contributed by atoms with Crippen molar-refractivity contribution >= 4 is 5.91 Å². The standard InChI is InChI=1S/C19H20N2O/c1-16-8-10-18(11-9-16)19(22)21(14-5-13-20)15-12-17-6-3-2-4-7-17/h2-4,6-11H,5,12,14-15H2,1H3. The van der Waals surface area contributed by atoms with Gasteiger partial charge in [0.05, 0.1) is 12.5 Å². The number of rotatable bonds is 6. The zero-order chi connectivity index (χ0) is 15.8. The fourth-order valence-corrected chi connectivity index (χ4v) is 2.29. The van der Waals surface area contributed by atoms with Crippen molar-refractivity contribution in [3.8, 4) is 6.07 Å². The van der Waals surface area contributed by atoms with E-state index >= 15 is 0 Å². The van der Waals surface area contributed by atoms with Crippen molar-refractivity contribution in [2.45, 2.75) is 19.8 Å². The SMILES string of the molecule is Cc1ccc(C(=O)N(CCC#N)CCc2ccccc2)cc1. The minimum Gasteiger partial charge on any atom is -0.337 e. The van der Waals surface area contributed by atoms with Crippen LogP contribution in [0.15, 0.2) is 54.6 Å². The van der Waals surface area contributed by atoms with Crippen molar-refractivity contribution in [1.29, 1.82) is 5.26 Å². The van der Waals surface area contributed by atoms with Gasteiger partial charge in [0, 0.05) is 18.7 Å². The van der Waals surface area contributed by atoms with Crippen LogP contribution in [0.25, 0.3) is 0 Å². The Kier molecular flexibility index (Phi) is 5.73. The molecule has 2 rings (SSSR count). The van der Waals surface area contributed by atoms with E-state index in [0.29, 0.717) is 25.1 Å². The average Bonchev–Trinajstić information content (AvgIpc) is 2.56. The molecule has 0 bridgehead atoms. The summed E-state index contributed by atoms with van der Waals surface area (Å²) < 4.78 is 0. The molecule has 0 aliphatic carbocycles. The predicted octanol–water partition coefficient (Wildman–Crippen LogP) is 3.59. The second-order valence-corrected chi connectivity index (χ2v) is 5.30. The first-order valence-electron chi connectivity index (χ1n) is 7.47. The lowest BCUT2D eigenvalue weighted by molar-refractivity contribution is 0.0761. The van der Waals surface area contributed by atoms with Crippen LogP contribution in [0.4, 0.5) is 0 Å². The summed E-state index contributed by atoms with van der Waals surface area (Å²) in [6.07, 6.45) is 1.15. The molecule has 112 valence electrons. The molecule has 0 spiro atoms. The molecule has 1 amide bonds. The van der Waals surface area contributed by atoms with Crippen LogP contribution >= 0.6 is 0 Å². The number of amides is 1. The van der Waals surface area contributed by atoms with Crippen LogP contribution in [0.2, 0.25) is 0 Å². The molecule has 0 atom stereocenters. The Morgan fingerprint density at radius 2 is 1.73 bits per heavy atom.